The topological polar surface area (TPSA) is 84.5 Å². The van der Waals surface area contributed by atoms with E-state index in [9.17, 15) is 13.2 Å². The van der Waals surface area contributed by atoms with Crippen molar-refractivity contribution >= 4 is 27.3 Å². The first-order valence-corrected chi connectivity index (χ1v) is 9.70. The van der Waals surface area contributed by atoms with Crippen LogP contribution in [0.2, 0.25) is 0 Å². The summed E-state index contributed by atoms with van der Waals surface area (Å²) in [6, 6.07) is 8.72. The summed E-state index contributed by atoms with van der Waals surface area (Å²) in [5, 5.41) is 4.72. The third kappa shape index (κ3) is 4.56. The van der Waals surface area contributed by atoms with Crippen molar-refractivity contribution < 1.29 is 17.9 Å². The minimum absolute atomic E-state index is 0.0780. The lowest BCUT2D eigenvalue weighted by molar-refractivity contribution is -0.122. The van der Waals surface area contributed by atoms with E-state index < -0.39 is 16.1 Å². The van der Waals surface area contributed by atoms with E-state index in [0.29, 0.717) is 5.75 Å². The number of hydrogen-bond acceptors (Lipinski definition) is 5. The fraction of sp³-hybridized carbons (Fsp3) is 0.312. The molecule has 24 heavy (non-hydrogen) atoms. The van der Waals surface area contributed by atoms with Crippen molar-refractivity contribution in [3.8, 4) is 5.75 Å². The molecule has 0 aliphatic carbocycles. The molecule has 0 saturated heterocycles. The van der Waals surface area contributed by atoms with Gasteiger partial charge in [0.1, 0.15) is 5.75 Å². The van der Waals surface area contributed by atoms with Crippen molar-refractivity contribution in [2.24, 2.45) is 0 Å². The number of rotatable bonds is 7. The molecule has 130 valence electrons. The molecule has 2 aromatic rings. The van der Waals surface area contributed by atoms with E-state index in [1.807, 2.05) is 24.4 Å². The predicted octanol–water partition coefficient (Wildman–Crippen LogP) is 2.30. The second kappa shape index (κ2) is 7.78. The summed E-state index contributed by atoms with van der Waals surface area (Å²) in [6.45, 7) is 3.37. The maximum atomic E-state index is 12.3. The molecular formula is C16H20N2O4S2. The molecule has 2 rings (SSSR count). The molecule has 0 unspecified atom stereocenters. The largest absolute Gasteiger partial charge is 0.497 e. The van der Waals surface area contributed by atoms with Crippen LogP contribution in [0, 0.1) is 0 Å². The Bertz CT molecular complexity index is 771. The number of carbonyl (C=O) groups is 1. The van der Waals surface area contributed by atoms with E-state index >= 15 is 0 Å². The first kappa shape index (κ1) is 18.4. The molecule has 0 saturated carbocycles. The molecular weight excluding hydrogens is 348 g/mol. The highest BCUT2D eigenvalue weighted by Crippen LogP contribution is 2.18. The highest BCUT2D eigenvalue weighted by Gasteiger charge is 2.23. The number of amides is 1. The Hall–Kier alpha value is -1.90. The second-order valence-corrected chi connectivity index (χ2v) is 7.96. The molecule has 8 heteroatoms. The van der Waals surface area contributed by atoms with Crippen LogP contribution in [0.4, 0.5) is 0 Å². The van der Waals surface area contributed by atoms with Gasteiger partial charge in [-0.15, -0.1) is 11.3 Å². The number of thiophene rings is 1. The van der Waals surface area contributed by atoms with Gasteiger partial charge in [0.2, 0.25) is 15.9 Å². The number of hydrogen-bond donors (Lipinski definition) is 2. The van der Waals surface area contributed by atoms with Gasteiger partial charge in [-0.25, -0.2) is 8.42 Å². The summed E-state index contributed by atoms with van der Waals surface area (Å²) >= 11 is 1.53. The van der Waals surface area contributed by atoms with Crippen LogP contribution in [-0.2, 0) is 14.8 Å². The summed E-state index contributed by atoms with van der Waals surface area (Å²) in [7, 11) is -2.28. The van der Waals surface area contributed by atoms with Gasteiger partial charge in [-0.2, -0.15) is 4.72 Å². The highest BCUT2D eigenvalue weighted by atomic mass is 32.2. The zero-order valence-electron chi connectivity index (χ0n) is 13.6. The van der Waals surface area contributed by atoms with Crippen molar-refractivity contribution in [1.82, 2.24) is 10.0 Å². The second-order valence-electron chi connectivity index (χ2n) is 5.26. The van der Waals surface area contributed by atoms with Crippen LogP contribution in [0.15, 0.2) is 46.7 Å². The van der Waals surface area contributed by atoms with Crippen LogP contribution in [0.3, 0.4) is 0 Å². The maximum absolute atomic E-state index is 12.3. The molecule has 1 heterocycles. The summed E-state index contributed by atoms with van der Waals surface area (Å²) in [5.41, 5.74) is 0. The van der Waals surface area contributed by atoms with E-state index in [4.69, 9.17) is 4.74 Å². The lowest BCUT2D eigenvalue weighted by atomic mass is 10.2. The predicted molar refractivity (Wildman–Crippen MR) is 93.7 cm³/mol. The molecule has 6 nitrogen and oxygen atoms in total. The lowest BCUT2D eigenvalue weighted by Gasteiger charge is -2.18. The number of sulfonamides is 1. The SMILES string of the molecule is COc1ccc(S(=O)(=O)N[C@H](C)C(=O)N[C@@H](C)c2cccs2)cc1. The third-order valence-corrected chi connectivity index (χ3v) is 6.04. The maximum Gasteiger partial charge on any atom is 0.241 e. The molecule has 0 aliphatic heterocycles. The van der Waals surface area contributed by atoms with Crippen LogP contribution in [-0.4, -0.2) is 27.5 Å². The first-order chi connectivity index (χ1) is 11.3. The molecule has 1 aromatic heterocycles. The Morgan fingerprint density at radius 1 is 1.17 bits per heavy atom. The normalized spacial score (nSPS) is 14.0. The molecule has 0 aliphatic rings. The van der Waals surface area contributed by atoms with Crippen LogP contribution in [0.1, 0.15) is 24.8 Å². The van der Waals surface area contributed by atoms with Crippen LogP contribution < -0.4 is 14.8 Å². The molecule has 2 N–H and O–H groups in total. The summed E-state index contributed by atoms with van der Waals surface area (Å²) in [4.78, 5) is 13.3. The number of methoxy groups -OCH3 is 1. The van der Waals surface area contributed by atoms with E-state index in [0.717, 1.165) is 4.88 Å². The number of benzene rings is 1. The van der Waals surface area contributed by atoms with Crippen molar-refractivity contribution in [2.75, 3.05) is 7.11 Å². The lowest BCUT2D eigenvalue weighted by Crippen LogP contribution is -2.45. The van der Waals surface area contributed by atoms with Gasteiger partial charge in [-0.1, -0.05) is 6.07 Å². The van der Waals surface area contributed by atoms with Gasteiger partial charge in [0.15, 0.2) is 0 Å². The number of nitrogens with one attached hydrogen (secondary N) is 2. The van der Waals surface area contributed by atoms with Gasteiger partial charge >= 0.3 is 0 Å². The average Bonchev–Trinajstić information content (AvgIpc) is 3.09. The zero-order valence-corrected chi connectivity index (χ0v) is 15.3. The van der Waals surface area contributed by atoms with Crippen LogP contribution in [0.5, 0.6) is 5.75 Å². The monoisotopic (exact) mass is 368 g/mol. The fourth-order valence-corrected chi connectivity index (χ4v) is 3.99. The van der Waals surface area contributed by atoms with Gasteiger partial charge in [-0.05, 0) is 49.6 Å². The minimum atomic E-state index is -3.78. The average molecular weight is 368 g/mol. The molecule has 0 bridgehead atoms. The Labute approximate surface area is 145 Å². The fourth-order valence-electron chi connectivity index (χ4n) is 2.06. The smallest absolute Gasteiger partial charge is 0.241 e. The Balaban J connectivity index is 2.01. The molecule has 0 spiro atoms. The molecule has 1 aromatic carbocycles. The Kier molecular flexibility index (Phi) is 5.98. The quantitative estimate of drug-likeness (QED) is 0.785. The van der Waals surface area contributed by atoms with Gasteiger partial charge in [0.25, 0.3) is 0 Å². The van der Waals surface area contributed by atoms with Crippen molar-refractivity contribution in [1.29, 1.82) is 0 Å². The minimum Gasteiger partial charge on any atom is -0.497 e. The number of ether oxygens (including phenoxy) is 1. The van der Waals surface area contributed by atoms with Crippen molar-refractivity contribution in [3.05, 3.63) is 46.7 Å². The summed E-state index contributed by atoms with van der Waals surface area (Å²) in [5.74, 6) is 0.178. The number of carbonyl (C=O) groups excluding carboxylic acids is 1. The Morgan fingerprint density at radius 2 is 1.83 bits per heavy atom. The standard InChI is InChI=1S/C16H20N2O4S2/c1-11(15-5-4-10-23-15)17-16(19)12(2)18-24(20,21)14-8-6-13(22-3)7-9-14/h4-12,18H,1-3H3,(H,17,19)/t11-,12+/m0/s1. The summed E-state index contributed by atoms with van der Waals surface area (Å²) < 4.78 is 32.0. The van der Waals surface area contributed by atoms with Gasteiger partial charge in [0, 0.05) is 4.88 Å². The van der Waals surface area contributed by atoms with Crippen LogP contribution >= 0.6 is 11.3 Å². The van der Waals surface area contributed by atoms with E-state index in [2.05, 4.69) is 10.0 Å². The van der Waals surface area contributed by atoms with E-state index in [-0.39, 0.29) is 16.8 Å². The van der Waals surface area contributed by atoms with Crippen LogP contribution in [0.25, 0.3) is 0 Å². The molecule has 0 fully saturated rings. The van der Waals surface area contributed by atoms with Crippen molar-refractivity contribution in [2.45, 2.75) is 30.8 Å². The highest BCUT2D eigenvalue weighted by molar-refractivity contribution is 7.89. The van der Waals surface area contributed by atoms with Crippen molar-refractivity contribution in [3.63, 3.8) is 0 Å². The van der Waals surface area contributed by atoms with E-state index in [1.165, 1.54) is 37.5 Å². The molecule has 0 radical (unpaired) electrons. The molecule has 1 amide bonds. The molecule has 2 atom stereocenters. The van der Waals surface area contributed by atoms with Gasteiger partial charge < -0.3 is 10.1 Å². The zero-order chi connectivity index (χ0) is 17.7. The van der Waals surface area contributed by atoms with E-state index in [1.54, 1.807) is 12.1 Å². The van der Waals surface area contributed by atoms with Gasteiger partial charge in [-0.3, -0.25) is 4.79 Å². The third-order valence-electron chi connectivity index (χ3n) is 3.42. The summed E-state index contributed by atoms with van der Waals surface area (Å²) in [6.07, 6.45) is 0. The Morgan fingerprint density at radius 3 is 2.38 bits per heavy atom. The first-order valence-electron chi connectivity index (χ1n) is 7.33. The van der Waals surface area contributed by atoms with Gasteiger partial charge in [0.05, 0.1) is 24.1 Å².